The van der Waals surface area contributed by atoms with Gasteiger partial charge in [-0.25, -0.2) is 4.98 Å². The van der Waals surface area contributed by atoms with Crippen molar-refractivity contribution in [1.82, 2.24) is 10.3 Å². The quantitative estimate of drug-likeness (QED) is 0.704. The molecule has 0 fully saturated rings. The van der Waals surface area contributed by atoms with E-state index >= 15 is 0 Å². The molecule has 0 atom stereocenters. The molecule has 0 aliphatic rings. The minimum atomic E-state index is -4.41. The second-order valence-electron chi connectivity index (χ2n) is 4.74. The average molecular weight is 423 g/mol. The number of alkyl halides is 3. The lowest BCUT2D eigenvalue weighted by Gasteiger charge is -2.10. The van der Waals surface area contributed by atoms with Crippen LogP contribution in [0, 0.1) is 0 Å². The number of nitrogens with one attached hydrogen (secondary N) is 2. The van der Waals surface area contributed by atoms with E-state index in [2.05, 4.69) is 31.5 Å². The summed E-state index contributed by atoms with van der Waals surface area (Å²) in [7, 11) is 0. The number of anilines is 1. The van der Waals surface area contributed by atoms with Crippen molar-refractivity contribution in [3.05, 3.63) is 57.2 Å². The van der Waals surface area contributed by atoms with Crippen molar-refractivity contribution in [2.45, 2.75) is 6.18 Å². The van der Waals surface area contributed by atoms with Gasteiger partial charge in [-0.15, -0.1) is 0 Å². The predicted octanol–water partition coefficient (Wildman–Crippen LogP) is 4.36. The Morgan fingerprint density at radius 3 is 2.58 bits per heavy atom. The van der Waals surface area contributed by atoms with Crippen LogP contribution >= 0.6 is 27.5 Å². The Morgan fingerprint density at radius 1 is 1.21 bits per heavy atom. The number of nitrogens with zero attached hydrogens (tertiary/aromatic N) is 1. The van der Waals surface area contributed by atoms with Crippen LogP contribution in [0.5, 0.6) is 0 Å². The van der Waals surface area contributed by atoms with E-state index in [-0.39, 0.29) is 18.3 Å². The van der Waals surface area contributed by atoms with Crippen LogP contribution in [0.1, 0.15) is 15.9 Å². The molecule has 0 unspecified atom stereocenters. The van der Waals surface area contributed by atoms with Crippen LogP contribution in [-0.4, -0.2) is 24.0 Å². The van der Waals surface area contributed by atoms with Gasteiger partial charge in [0.25, 0.3) is 5.91 Å². The van der Waals surface area contributed by atoms with Gasteiger partial charge in [0, 0.05) is 23.8 Å². The lowest BCUT2D eigenvalue weighted by Crippen LogP contribution is -2.29. The fraction of sp³-hybridized carbons (Fsp3) is 0.200. The summed E-state index contributed by atoms with van der Waals surface area (Å²) in [6.07, 6.45) is -3.66. The Kier molecular flexibility index (Phi) is 6.06. The highest BCUT2D eigenvalue weighted by atomic mass is 79.9. The zero-order chi connectivity index (χ0) is 17.7. The second-order valence-corrected chi connectivity index (χ2v) is 6.06. The Balaban J connectivity index is 1.82. The molecule has 1 aromatic heterocycles. The molecule has 24 heavy (non-hydrogen) atoms. The largest absolute Gasteiger partial charge is 0.417 e. The van der Waals surface area contributed by atoms with Gasteiger partial charge in [0.15, 0.2) is 0 Å². The van der Waals surface area contributed by atoms with E-state index in [0.717, 1.165) is 16.7 Å². The summed E-state index contributed by atoms with van der Waals surface area (Å²) in [5.74, 6) is -0.0544. The number of halogens is 5. The fourth-order valence-corrected chi connectivity index (χ4v) is 2.36. The van der Waals surface area contributed by atoms with Gasteiger partial charge in [0.2, 0.25) is 0 Å². The number of aromatic nitrogens is 1. The van der Waals surface area contributed by atoms with E-state index in [1.54, 1.807) is 18.2 Å². The molecule has 2 rings (SSSR count). The van der Waals surface area contributed by atoms with Gasteiger partial charge >= 0.3 is 6.18 Å². The van der Waals surface area contributed by atoms with E-state index < -0.39 is 11.7 Å². The first-order valence-electron chi connectivity index (χ1n) is 6.78. The fourth-order valence-electron chi connectivity index (χ4n) is 1.80. The molecule has 0 saturated heterocycles. The topological polar surface area (TPSA) is 54.0 Å². The van der Waals surface area contributed by atoms with Crippen LogP contribution in [-0.2, 0) is 6.18 Å². The Hall–Kier alpha value is -1.80. The third kappa shape index (κ3) is 5.10. The number of pyridine rings is 1. The van der Waals surface area contributed by atoms with Crippen molar-refractivity contribution < 1.29 is 18.0 Å². The molecule has 0 radical (unpaired) electrons. The highest BCUT2D eigenvalue weighted by Crippen LogP contribution is 2.28. The molecule has 1 amide bonds. The smallest absolute Gasteiger partial charge is 0.368 e. The summed E-state index contributed by atoms with van der Waals surface area (Å²) in [5, 5.41) is 5.81. The zero-order valence-electron chi connectivity index (χ0n) is 12.1. The average Bonchev–Trinajstić information content (AvgIpc) is 2.53. The summed E-state index contributed by atoms with van der Waals surface area (Å²) >= 11 is 9.21. The van der Waals surface area contributed by atoms with Gasteiger partial charge in [0.1, 0.15) is 5.82 Å². The lowest BCUT2D eigenvalue weighted by molar-refractivity contribution is -0.137. The van der Waals surface area contributed by atoms with E-state index in [4.69, 9.17) is 11.6 Å². The number of rotatable bonds is 5. The highest BCUT2D eigenvalue weighted by Gasteiger charge is 2.30. The van der Waals surface area contributed by atoms with E-state index in [1.165, 1.54) is 6.07 Å². The van der Waals surface area contributed by atoms with Crippen LogP contribution in [0.15, 0.2) is 41.0 Å². The molecule has 1 aromatic carbocycles. The van der Waals surface area contributed by atoms with Crippen molar-refractivity contribution in [3.8, 4) is 0 Å². The molecule has 0 saturated carbocycles. The van der Waals surface area contributed by atoms with Crippen molar-refractivity contribution in [2.24, 2.45) is 0 Å². The third-order valence-corrected chi connectivity index (χ3v) is 3.80. The molecule has 0 aliphatic heterocycles. The summed E-state index contributed by atoms with van der Waals surface area (Å²) in [6, 6.07) is 7.09. The summed E-state index contributed by atoms with van der Waals surface area (Å²) in [6.45, 7) is 0.556. The molecular formula is C15H12BrClF3N3O. The Morgan fingerprint density at radius 2 is 1.96 bits per heavy atom. The lowest BCUT2D eigenvalue weighted by atomic mass is 10.2. The number of benzene rings is 1. The predicted molar refractivity (Wildman–Crippen MR) is 89.2 cm³/mol. The van der Waals surface area contributed by atoms with E-state index in [9.17, 15) is 18.0 Å². The van der Waals surface area contributed by atoms with Gasteiger partial charge in [-0.05, 0) is 30.3 Å². The third-order valence-electron chi connectivity index (χ3n) is 2.98. The summed E-state index contributed by atoms with van der Waals surface area (Å²) < 4.78 is 38.0. The van der Waals surface area contributed by atoms with Gasteiger partial charge in [0.05, 0.1) is 16.1 Å². The minimum absolute atomic E-state index is 0.254. The molecule has 9 heteroatoms. The van der Waals surface area contributed by atoms with Crippen LogP contribution in [0.25, 0.3) is 0 Å². The van der Waals surface area contributed by atoms with Crippen LogP contribution in [0.4, 0.5) is 19.0 Å². The van der Waals surface area contributed by atoms with Crippen molar-refractivity contribution >= 4 is 39.3 Å². The van der Waals surface area contributed by atoms with Gasteiger partial charge < -0.3 is 10.6 Å². The van der Waals surface area contributed by atoms with Crippen LogP contribution < -0.4 is 10.6 Å². The number of hydrogen-bond acceptors (Lipinski definition) is 3. The number of amides is 1. The van der Waals surface area contributed by atoms with E-state index in [0.29, 0.717) is 17.1 Å². The number of carbonyl (C=O) groups excluding carboxylic acids is 1. The van der Waals surface area contributed by atoms with E-state index in [1.807, 2.05) is 0 Å². The first-order valence-corrected chi connectivity index (χ1v) is 7.95. The van der Waals surface area contributed by atoms with Crippen LogP contribution in [0.3, 0.4) is 0 Å². The van der Waals surface area contributed by atoms with Crippen molar-refractivity contribution in [2.75, 3.05) is 18.4 Å². The molecular weight excluding hydrogens is 411 g/mol. The van der Waals surface area contributed by atoms with Crippen molar-refractivity contribution in [1.29, 1.82) is 0 Å². The maximum absolute atomic E-state index is 12.4. The molecule has 0 bridgehead atoms. The van der Waals surface area contributed by atoms with Crippen LogP contribution in [0.2, 0.25) is 5.02 Å². The number of carbonyl (C=O) groups is 1. The first kappa shape index (κ1) is 18.5. The van der Waals surface area contributed by atoms with Gasteiger partial charge in [-0.1, -0.05) is 27.5 Å². The molecule has 128 valence electrons. The highest BCUT2D eigenvalue weighted by molar-refractivity contribution is 9.10. The maximum atomic E-state index is 12.4. The second kappa shape index (κ2) is 7.85. The summed E-state index contributed by atoms with van der Waals surface area (Å²) in [5.41, 5.74) is -0.482. The normalized spacial score (nSPS) is 11.2. The zero-order valence-corrected chi connectivity index (χ0v) is 14.5. The molecule has 4 nitrogen and oxygen atoms in total. The minimum Gasteiger partial charge on any atom is -0.368 e. The van der Waals surface area contributed by atoms with Gasteiger partial charge in [-0.3, -0.25) is 4.79 Å². The monoisotopic (exact) mass is 421 g/mol. The van der Waals surface area contributed by atoms with Crippen molar-refractivity contribution in [3.63, 3.8) is 0 Å². The molecule has 2 aromatic rings. The Labute approximate surface area is 149 Å². The maximum Gasteiger partial charge on any atom is 0.417 e. The summed E-state index contributed by atoms with van der Waals surface area (Å²) in [4.78, 5) is 15.7. The number of hydrogen-bond donors (Lipinski definition) is 2. The van der Waals surface area contributed by atoms with Gasteiger partial charge in [-0.2, -0.15) is 13.2 Å². The Bertz CT molecular complexity index is 723. The molecule has 1 heterocycles. The SMILES string of the molecule is O=C(NCCNc1ccc(C(F)(F)F)cn1)c1cc(Br)ccc1Cl. The standard InChI is InChI=1S/C15H12BrClF3N3O/c16-10-2-3-12(17)11(7-10)14(24)22-6-5-21-13-4-1-9(8-23-13)15(18,19)20/h1-4,7-8H,5-6H2,(H,21,23)(H,22,24). The molecule has 0 spiro atoms. The first-order chi connectivity index (χ1) is 11.3. The molecule has 0 aliphatic carbocycles. The molecule has 2 N–H and O–H groups in total.